The van der Waals surface area contributed by atoms with Gasteiger partial charge in [0.2, 0.25) is 5.91 Å². The van der Waals surface area contributed by atoms with Crippen molar-refractivity contribution in [2.45, 2.75) is 38.2 Å². The molecular weight excluding hydrogens is 469 g/mol. The molecule has 0 bridgehead atoms. The number of carbonyl (C=O) groups is 2. The van der Waals surface area contributed by atoms with Gasteiger partial charge in [-0.3, -0.25) is 9.59 Å². The van der Waals surface area contributed by atoms with Crippen molar-refractivity contribution in [3.05, 3.63) is 99.8 Å². The van der Waals surface area contributed by atoms with Crippen LogP contribution in [0.1, 0.15) is 29.2 Å². The van der Waals surface area contributed by atoms with Gasteiger partial charge in [0, 0.05) is 19.4 Å². The molecule has 7 heteroatoms. The topological polar surface area (TPSA) is 66.8 Å². The maximum absolute atomic E-state index is 13.9. The van der Waals surface area contributed by atoms with Gasteiger partial charge in [-0.15, -0.1) is 0 Å². The summed E-state index contributed by atoms with van der Waals surface area (Å²) < 4.78 is 20.1. The number of carboxylic acid groups (broad SMARTS) is 1. The molecule has 3 aromatic rings. The molecule has 1 atom stereocenters. The first kappa shape index (κ1) is 24.7. The van der Waals surface area contributed by atoms with Crippen LogP contribution in [-0.4, -0.2) is 40.6 Å². The average molecular weight is 496 g/mol. The van der Waals surface area contributed by atoms with Gasteiger partial charge in [-0.05, 0) is 53.8 Å². The number of carbonyl (C=O) groups excluding carboxylic acids is 1. The normalized spacial score (nSPS) is 16.4. The van der Waals surface area contributed by atoms with Crippen LogP contribution in [0.2, 0.25) is 5.02 Å². The molecule has 0 saturated carbocycles. The fourth-order valence-electron chi connectivity index (χ4n) is 4.52. The molecule has 1 heterocycles. The van der Waals surface area contributed by atoms with Gasteiger partial charge in [-0.25, -0.2) is 4.39 Å². The fraction of sp³-hybridized carbons (Fsp3) is 0.286. The number of carboxylic acids is 1. The standard InChI is InChI=1S/C28H27ClFNO4/c1-28(16-21-7-9-23(29)24(30)14-21)17-22-13-20(8-10-25(22)35-28)15-26(32)31(18-27(33)34)12-11-19-5-3-2-4-6-19/h2-10,13-14H,11-12,15-18H2,1H3,(H,33,34)/t28-/m0/s1. The molecule has 0 fully saturated rings. The van der Waals surface area contributed by atoms with E-state index in [-0.39, 0.29) is 23.9 Å². The summed E-state index contributed by atoms with van der Waals surface area (Å²) in [4.78, 5) is 25.7. The second-order valence-electron chi connectivity index (χ2n) is 9.22. The summed E-state index contributed by atoms with van der Waals surface area (Å²) in [5.41, 5.74) is 3.07. The van der Waals surface area contributed by atoms with Crippen molar-refractivity contribution >= 4 is 23.5 Å². The van der Waals surface area contributed by atoms with Crippen LogP contribution >= 0.6 is 11.6 Å². The minimum Gasteiger partial charge on any atom is -0.487 e. The zero-order valence-corrected chi connectivity index (χ0v) is 20.2. The van der Waals surface area contributed by atoms with E-state index in [9.17, 15) is 19.1 Å². The highest BCUT2D eigenvalue weighted by Crippen LogP contribution is 2.38. The molecule has 0 aromatic heterocycles. The highest BCUT2D eigenvalue weighted by atomic mass is 35.5. The van der Waals surface area contributed by atoms with Gasteiger partial charge < -0.3 is 14.7 Å². The van der Waals surface area contributed by atoms with E-state index in [0.717, 1.165) is 28.0 Å². The van der Waals surface area contributed by atoms with E-state index in [1.54, 1.807) is 12.1 Å². The summed E-state index contributed by atoms with van der Waals surface area (Å²) in [6.07, 6.45) is 1.81. The number of nitrogens with zero attached hydrogens (tertiary/aromatic N) is 1. The van der Waals surface area contributed by atoms with E-state index in [1.165, 1.54) is 11.0 Å². The number of aliphatic carboxylic acids is 1. The number of rotatable bonds is 9. The predicted octanol–water partition coefficient (Wildman–Crippen LogP) is 5.11. The Kier molecular flexibility index (Phi) is 7.41. The molecule has 182 valence electrons. The van der Waals surface area contributed by atoms with Crippen LogP contribution < -0.4 is 4.74 Å². The van der Waals surface area contributed by atoms with Gasteiger partial charge in [0.15, 0.2) is 0 Å². The average Bonchev–Trinajstić information content (AvgIpc) is 3.14. The summed E-state index contributed by atoms with van der Waals surface area (Å²) >= 11 is 5.80. The van der Waals surface area contributed by atoms with Crippen LogP contribution in [0.4, 0.5) is 4.39 Å². The summed E-state index contributed by atoms with van der Waals surface area (Å²) in [5, 5.41) is 9.38. The molecule has 5 nitrogen and oxygen atoms in total. The molecule has 0 aliphatic carbocycles. The van der Waals surface area contributed by atoms with Gasteiger partial charge in [-0.2, -0.15) is 0 Å². The lowest BCUT2D eigenvalue weighted by Crippen LogP contribution is -2.38. The largest absolute Gasteiger partial charge is 0.487 e. The van der Waals surface area contributed by atoms with Crippen molar-refractivity contribution in [3.63, 3.8) is 0 Å². The van der Waals surface area contributed by atoms with Gasteiger partial charge >= 0.3 is 5.97 Å². The Balaban J connectivity index is 1.42. The van der Waals surface area contributed by atoms with Gasteiger partial charge in [0.05, 0.1) is 11.4 Å². The lowest BCUT2D eigenvalue weighted by Gasteiger charge is -2.24. The van der Waals surface area contributed by atoms with Crippen LogP contribution in [0, 0.1) is 5.82 Å². The number of ether oxygens (including phenoxy) is 1. The molecule has 3 aromatic carbocycles. The van der Waals surface area contributed by atoms with Crippen LogP contribution in [-0.2, 0) is 35.3 Å². The van der Waals surface area contributed by atoms with E-state index in [4.69, 9.17) is 16.3 Å². The smallest absolute Gasteiger partial charge is 0.323 e. The van der Waals surface area contributed by atoms with E-state index in [0.29, 0.717) is 25.8 Å². The van der Waals surface area contributed by atoms with Crippen LogP contribution in [0.5, 0.6) is 5.75 Å². The Morgan fingerprint density at radius 2 is 1.80 bits per heavy atom. The van der Waals surface area contributed by atoms with Gasteiger partial charge in [0.1, 0.15) is 23.7 Å². The number of hydrogen-bond acceptors (Lipinski definition) is 3. The van der Waals surface area contributed by atoms with Crippen molar-refractivity contribution in [2.75, 3.05) is 13.1 Å². The Bertz CT molecular complexity index is 1230. The maximum atomic E-state index is 13.9. The third-order valence-electron chi connectivity index (χ3n) is 6.16. The van der Waals surface area contributed by atoms with Gasteiger partial charge in [-0.1, -0.05) is 60.1 Å². The van der Waals surface area contributed by atoms with E-state index in [1.807, 2.05) is 55.5 Å². The van der Waals surface area contributed by atoms with E-state index >= 15 is 0 Å². The van der Waals surface area contributed by atoms with E-state index in [2.05, 4.69) is 0 Å². The molecule has 4 rings (SSSR count). The van der Waals surface area contributed by atoms with Crippen molar-refractivity contribution in [3.8, 4) is 5.75 Å². The SMILES string of the molecule is C[C@]1(Cc2ccc(Cl)c(F)c2)Cc2cc(CC(=O)N(CCc3ccccc3)CC(=O)O)ccc2O1. The molecule has 0 radical (unpaired) electrons. The second-order valence-corrected chi connectivity index (χ2v) is 9.62. The van der Waals surface area contributed by atoms with Crippen LogP contribution in [0.3, 0.4) is 0 Å². The Morgan fingerprint density at radius 3 is 2.51 bits per heavy atom. The number of hydrogen-bond donors (Lipinski definition) is 1. The van der Waals surface area contributed by atoms with E-state index < -0.39 is 17.4 Å². The lowest BCUT2D eigenvalue weighted by molar-refractivity contribution is -0.144. The third-order valence-corrected chi connectivity index (χ3v) is 6.46. The number of halogens is 2. The first-order chi connectivity index (χ1) is 16.7. The predicted molar refractivity (Wildman–Crippen MR) is 132 cm³/mol. The summed E-state index contributed by atoms with van der Waals surface area (Å²) in [6, 6.07) is 20.1. The molecule has 35 heavy (non-hydrogen) atoms. The Labute approximate surface area is 209 Å². The number of benzene rings is 3. The van der Waals surface area contributed by atoms with Crippen LogP contribution in [0.15, 0.2) is 66.7 Å². The molecule has 1 aliphatic heterocycles. The molecule has 1 N–H and O–H groups in total. The summed E-state index contributed by atoms with van der Waals surface area (Å²) in [7, 11) is 0. The quantitative estimate of drug-likeness (QED) is 0.448. The second kappa shape index (κ2) is 10.5. The minimum absolute atomic E-state index is 0.0875. The number of fused-ring (bicyclic) bond motifs is 1. The highest BCUT2D eigenvalue weighted by Gasteiger charge is 2.35. The summed E-state index contributed by atoms with van der Waals surface area (Å²) in [5.74, 6) is -0.989. The fourth-order valence-corrected chi connectivity index (χ4v) is 4.63. The molecule has 1 amide bonds. The Hall–Kier alpha value is -3.38. The van der Waals surface area contributed by atoms with Crippen molar-refractivity contribution < 1.29 is 23.8 Å². The zero-order valence-electron chi connectivity index (χ0n) is 19.5. The molecule has 0 spiro atoms. The first-order valence-corrected chi connectivity index (χ1v) is 11.9. The Morgan fingerprint density at radius 1 is 1.06 bits per heavy atom. The van der Waals surface area contributed by atoms with Crippen molar-refractivity contribution in [2.24, 2.45) is 0 Å². The van der Waals surface area contributed by atoms with Crippen molar-refractivity contribution in [1.82, 2.24) is 4.90 Å². The molecule has 0 unspecified atom stereocenters. The highest BCUT2D eigenvalue weighted by molar-refractivity contribution is 6.30. The summed E-state index contributed by atoms with van der Waals surface area (Å²) in [6.45, 7) is 1.97. The van der Waals surface area contributed by atoms with Crippen molar-refractivity contribution in [1.29, 1.82) is 0 Å². The first-order valence-electron chi connectivity index (χ1n) is 11.5. The van der Waals surface area contributed by atoms with Crippen LogP contribution in [0.25, 0.3) is 0 Å². The van der Waals surface area contributed by atoms with Gasteiger partial charge in [0.25, 0.3) is 0 Å². The third kappa shape index (κ3) is 6.40. The number of amides is 1. The zero-order chi connectivity index (χ0) is 25.0. The molecular formula is C28H27ClFNO4. The monoisotopic (exact) mass is 495 g/mol. The molecule has 1 aliphatic rings. The minimum atomic E-state index is -1.04. The molecule has 0 saturated heterocycles. The lowest BCUT2D eigenvalue weighted by atomic mass is 9.91. The maximum Gasteiger partial charge on any atom is 0.323 e.